The molecule has 0 fully saturated rings. The summed E-state index contributed by atoms with van der Waals surface area (Å²) < 4.78 is 1.83. The Bertz CT molecular complexity index is 537. The molecule has 2 heterocycles. The Morgan fingerprint density at radius 2 is 2.33 bits per heavy atom. The van der Waals surface area contributed by atoms with Crippen LogP contribution in [0.2, 0.25) is 0 Å². The third kappa shape index (κ3) is 2.26. The van der Waals surface area contributed by atoms with Gasteiger partial charge in [-0.1, -0.05) is 0 Å². The fraction of sp³-hybridized carbons (Fsp3) is 0.500. The van der Waals surface area contributed by atoms with Crippen molar-refractivity contribution in [3.63, 3.8) is 0 Å². The molecular weight excluding hydrogens is 248 g/mol. The lowest BCUT2D eigenvalue weighted by atomic mass is 10.3. The number of rotatable bonds is 4. The van der Waals surface area contributed by atoms with Crippen LogP contribution in [0.15, 0.2) is 6.07 Å². The zero-order chi connectivity index (χ0) is 13.3. The highest BCUT2D eigenvalue weighted by Crippen LogP contribution is 2.28. The van der Waals surface area contributed by atoms with Gasteiger partial charge in [-0.15, -0.1) is 11.3 Å². The van der Waals surface area contributed by atoms with E-state index in [0.717, 1.165) is 27.3 Å². The lowest BCUT2D eigenvalue weighted by Crippen LogP contribution is -2.32. The van der Waals surface area contributed by atoms with E-state index in [9.17, 15) is 4.79 Å². The number of carbonyl (C=O) groups is 1. The summed E-state index contributed by atoms with van der Waals surface area (Å²) in [5.41, 5.74) is 0.973. The first-order valence-corrected chi connectivity index (χ1v) is 6.69. The highest BCUT2D eigenvalue weighted by Gasteiger charge is 2.17. The average molecular weight is 266 g/mol. The summed E-state index contributed by atoms with van der Waals surface area (Å²) in [6.07, 6.45) is 0. The molecule has 6 heteroatoms. The quantitative estimate of drug-likeness (QED) is 0.905. The molecule has 98 valence electrons. The van der Waals surface area contributed by atoms with Crippen LogP contribution in [-0.4, -0.2) is 47.8 Å². The van der Waals surface area contributed by atoms with E-state index < -0.39 is 0 Å². The highest BCUT2D eigenvalue weighted by molar-refractivity contribution is 7.20. The average Bonchev–Trinajstić information content (AvgIpc) is 2.88. The maximum atomic E-state index is 12.2. The van der Waals surface area contributed by atoms with E-state index in [1.165, 1.54) is 11.3 Å². The van der Waals surface area contributed by atoms with Crippen LogP contribution in [0, 0.1) is 6.92 Å². The number of carbonyl (C=O) groups excluding carboxylic acids is 1. The molecule has 0 aliphatic heterocycles. The number of likely N-dealkylation sites (N-methyl/N-ethyl adjacent to an activating group) is 2. The molecule has 0 spiro atoms. The second-order valence-corrected chi connectivity index (χ2v) is 5.40. The molecular formula is C12H18N4OS. The van der Waals surface area contributed by atoms with Crippen molar-refractivity contribution in [3.8, 4) is 0 Å². The number of fused-ring (bicyclic) bond motifs is 1. The number of hydrogen-bond donors (Lipinski definition) is 1. The standard InChI is InChI=1S/C12H18N4OS/c1-8-9-7-10(18-12(9)16(4)14-8)11(17)15(3)6-5-13-2/h7,13H,5-6H2,1-4H3. The highest BCUT2D eigenvalue weighted by atomic mass is 32.1. The normalized spacial score (nSPS) is 11.1. The molecule has 0 aromatic carbocycles. The summed E-state index contributed by atoms with van der Waals surface area (Å²) in [5, 5.41) is 8.45. The maximum absolute atomic E-state index is 12.2. The van der Waals surface area contributed by atoms with Gasteiger partial charge in [0.1, 0.15) is 4.83 Å². The van der Waals surface area contributed by atoms with E-state index in [-0.39, 0.29) is 5.91 Å². The minimum Gasteiger partial charge on any atom is -0.340 e. The fourth-order valence-corrected chi connectivity index (χ4v) is 3.00. The molecule has 0 aliphatic carbocycles. The summed E-state index contributed by atoms with van der Waals surface area (Å²) >= 11 is 1.50. The van der Waals surface area contributed by atoms with E-state index >= 15 is 0 Å². The number of nitrogens with zero attached hydrogens (tertiary/aromatic N) is 3. The predicted molar refractivity (Wildman–Crippen MR) is 74.2 cm³/mol. The van der Waals surface area contributed by atoms with Gasteiger partial charge in [-0.3, -0.25) is 9.48 Å². The topological polar surface area (TPSA) is 50.2 Å². The first kappa shape index (κ1) is 13.0. The Hall–Kier alpha value is -1.40. The maximum Gasteiger partial charge on any atom is 0.263 e. The minimum absolute atomic E-state index is 0.0749. The number of hydrogen-bond acceptors (Lipinski definition) is 4. The van der Waals surface area contributed by atoms with E-state index in [4.69, 9.17) is 0 Å². The van der Waals surface area contributed by atoms with Crippen LogP contribution in [0.1, 0.15) is 15.4 Å². The zero-order valence-electron chi connectivity index (χ0n) is 11.1. The summed E-state index contributed by atoms with van der Waals surface area (Å²) in [6, 6.07) is 1.94. The first-order chi connectivity index (χ1) is 8.54. The minimum atomic E-state index is 0.0749. The van der Waals surface area contributed by atoms with Gasteiger partial charge in [0.2, 0.25) is 0 Å². The molecule has 0 aliphatic rings. The van der Waals surface area contributed by atoms with E-state index in [1.807, 2.05) is 38.8 Å². The largest absolute Gasteiger partial charge is 0.340 e. The first-order valence-electron chi connectivity index (χ1n) is 5.87. The molecule has 2 aromatic rings. The number of aromatic nitrogens is 2. The lowest BCUT2D eigenvalue weighted by molar-refractivity contribution is 0.0801. The smallest absolute Gasteiger partial charge is 0.263 e. The van der Waals surface area contributed by atoms with Crippen LogP contribution in [-0.2, 0) is 7.05 Å². The van der Waals surface area contributed by atoms with Gasteiger partial charge in [-0.05, 0) is 20.0 Å². The fourth-order valence-electron chi connectivity index (χ4n) is 1.88. The van der Waals surface area contributed by atoms with Crippen molar-refractivity contribution in [2.75, 3.05) is 27.2 Å². The Kier molecular flexibility index (Phi) is 3.68. The van der Waals surface area contributed by atoms with Crippen molar-refractivity contribution in [2.45, 2.75) is 6.92 Å². The molecule has 1 N–H and O–H groups in total. The van der Waals surface area contributed by atoms with Crippen molar-refractivity contribution < 1.29 is 4.79 Å². The van der Waals surface area contributed by atoms with Gasteiger partial charge in [0, 0.05) is 32.6 Å². The second-order valence-electron chi connectivity index (χ2n) is 4.37. The van der Waals surface area contributed by atoms with Crippen molar-refractivity contribution in [2.24, 2.45) is 7.05 Å². The van der Waals surface area contributed by atoms with E-state index in [1.54, 1.807) is 4.90 Å². The van der Waals surface area contributed by atoms with Crippen LogP contribution < -0.4 is 5.32 Å². The van der Waals surface area contributed by atoms with Crippen LogP contribution in [0.4, 0.5) is 0 Å². The summed E-state index contributed by atoms with van der Waals surface area (Å²) in [7, 11) is 5.62. The number of amides is 1. The molecule has 0 unspecified atom stereocenters. The number of thiophene rings is 1. The van der Waals surface area contributed by atoms with Crippen molar-refractivity contribution in [1.82, 2.24) is 20.0 Å². The molecule has 0 saturated carbocycles. The molecule has 18 heavy (non-hydrogen) atoms. The van der Waals surface area contributed by atoms with Gasteiger partial charge in [0.15, 0.2) is 0 Å². The lowest BCUT2D eigenvalue weighted by Gasteiger charge is -2.15. The van der Waals surface area contributed by atoms with Gasteiger partial charge < -0.3 is 10.2 Å². The van der Waals surface area contributed by atoms with Gasteiger partial charge >= 0.3 is 0 Å². The zero-order valence-corrected chi connectivity index (χ0v) is 12.0. The van der Waals surface area contributed by atoms with Crippen LogP contribution in [0.5, 0.6) is 0 Å². The molecule has 1 amide bonds. The SMILES string of the molecule is CNCCN(C)C(=O)c1cc2c(C)nn(C)c2s1. The molecule has 2 rings (SSSR count). The molecule has 0 saturated heterocycles. The third-order valence-electron chi connectivity index (χ3n) is 2.95. The molecule has 0 bridgehead atoms. The van der Waals surface area contributed by atoms with E-state index in [0.29, 0.717) is 6.54 Å². The summed E-state index contributed by atoms with van der Waals surface area (Å²) in [6.45, 7) is 3.47. The summed E-state index contributed by atoms with van der Waals surface area (Å²) in [5.74, 6) is 0.0749. The molecule has 0 radical (unpaired) electrons. The van der Waals surface area contributed by atoms with Crippen LogP contribution >= 0.6 is 11.3 Å². The molecule has 2 aromatic heterocycles. The summed E-state index contributed by atoms with van der Waals surface area (Å²) in [4.78, 5) is 15.8. The van der Waals surface area contributed by atoms with Gasteiger partial charge in [0.05, 0.1) is 10.6 Å². The Morgan fingerprint density at radius 3 is 2.94 bits per heavy atom. The van der Waals surface area contributed by atoms with Gasteiger partial charge in [-0.25, -0.2) is 0 Å². The van der Waals surface area contributed by atoms with Crippen molar-refractivity contribution in [1.29, 1.82) is 0 Å². The Balaban J connectivity index is 2.25. The van der Waals surface area contributed by atoms with Crippen molar-refractivity contribution >= 4 is 27.5 Å². The number of aryl methyl sites for hydroxylation is 2. The van der Waals surface area contributed by atoms with Gasteiger partial charge in [0.25, 0.3) is 5.91 Å². The van der Waals surface area contributed by atoms with Crippen LogP contribution in [0.3, 0.4) is 0 Å². The Morgan fingerprint density at radius 1 is 1.61 bits per heavy atom. The predicted octanol–water partition coefficient (Wildman–Crippen LogP) is 1.23. The Labute approximate surface area is 110 Å². The van der Waals surface area contributed by atoms with E-state index in [2.05, 4.69) is 10.4 Å². The van der Waals surface area contributed by atoms with Gasteiger partial charge in [-0.2, -0.15) is 5.10 Å². The second kappa shape index (κ2) is 5.07. The van der Waals surface area contributed by atoms with Crippen molar-refractivity contribution in [3.05, 3.63) is 16.6 Å². The molecule has 0 atom stereocenters. The number of nitrogens with one attached hydrogen (secondary N) is 1. The molecule has 5 nitrogen and oxygen atoms in total. The monoisotopic (exact) mass is 266 g/mol. The van der Waals surface area contributed by atoms with Crippen LogP contribution in [0.25, 0.3) is 10.2 Å². The third-order valence-corrected chi connectivity index (χ3v) is 4.14.